The number of carbonyl (C=O) groups excluding carboxylic acids is 1. The van der Waals surface area contributed by atoms with Gasteiger partial charge in [-0.05, 0) is 59.9 Å². The van der Waals surface area contributed by atoms with Crippen LogP contribution in [0.2, 0.25) is 0 Å². The lowest BCUT2D eigenvalue weighted by Gasteiger charge is -2.27. The van der Waals surface area contributed by atoms with Crippen molar-refractivity contribution in [1.29, 1.82) is 0 Å². The molecule has 1 heterocycles. The average Bonchev–Trinajstić information content (AvgIpc) is 2.96. The fourth-order valence-electron chi connectivity index (χ4n) is 4.75. The van der Waals surface area contributed by atoms with Crippen molar-refractivity contribution in [2.45, 2.75) is 43.4 Å². The van der Waals surface area contributed by atoms with Crippen molar-refractivity contribution in [3.05, 3.63) is 101 Å². The zero-order chi connectivity index (χ0) is 29.4. The Labute approximate surface area is 239 Å². The summed E-state index contributed by atoms with van der Waals surface area (Å²) in [5, 5.41) is 6.38. The third-order valence-corrected chi connectivity index (χ3v) is 8.88. The van der Waals surface area contributed by atoms with E-state index in [9.17, 15) is 22.0 Å². The Balaban J connectivity index is 1.50. The van der Waals surface area contributed by atoms with E-state index >= 15 is 0 Å². The maximum Gasteiger partial charge on any atom is 0.338 e. The molecule has 1 fully saturated rings. The number of benzene rings is 3. The number of halogens is 2. The Morgan fingerprint density at radius 2 is 1.68 bits per heavy atom. The molecule has 8 nitrogen and oxygen atoms in total. The highest BCUT2D eigenvalue weighted by atomic mass is 32.2. The van der Waals surface area contributed by atoms with Crippen LogP contribution in [0.15, 0.2) is 71.6 Å². The predicted molar refractivity (Wildman–Crippen MR) is 153 cm³/mol. The topological polar surface area (TPSA) is 114 Å². The van der Waals surface area contributed by atoms with Gasteiger partial charge in [0.15, 0.2) is 0 Å². The third-order valence-electron chi connectivity index (χ3n) is 6.99. The molecule has 2 atom stereocenters. The molecule has 0 unspecified atom stereocenters. The summed E-state index contributed by atoms with van der Waals surface area (Å²) in [4.78, 5) is 13.2. The molecule has 1 aliphatic heterocycles. The predicted octanol–water partition coefficient (Wildman–Crippen LogP) is 3.01. The van der Waals surface area contributed by atoms with Gasteiger partial charge in [0.25, 0.3) is 0 Å². The average molecular weight is 587 g/mol. The fourth-order valence-corrected chi connectivity index (χ4v) is 6.24. The molecule has 0 radical (unpaired) electrons. The normalized spacial score (nSPS) is 15.8. The van der Waals surface area contributed by atoms with E-state index in [0.717, 1.165) is 18.1 Å². The second kappa shape index (κ2) is 14.1. The summed E-state index contributed by atoms with van der Waals surface area (Å²) in [7, 11) is -3.78. The molecule has 11 heteroatoms. The van der Waals surface area contributed by atoms with E-state index < -0.39 is 39.8 Å². The lowest BCUT2D eigenvalue weighted by molar-refractivity contribution is 0.0238. The van der Waals surface area contributed by atoms with E-state index in [2.05, 4.69) is 23.6 Å². The van der Waals surface area contributed by atoms with Crippen molar-refractivity contribution in [3.63, 3.8) is 0 Å². The first-order chi connectivity index (χ1) is 19.7. The zero-order valence-corrected chi connectivity index (χ0v) is 23.8. The second-order valence-corrected chi connectivity index (χ2v) is 12.0. The number of ether oxygens (including phenoxy) is 1. The van der Waals surface area contributed by atoms with Crippen molar-refractivity contribution in [2.75, 3.05) is 32.7 Å². The summed E-state index contributed by atoms with van der Waals surface area (Å²) in [6.07, 6.45) is 0.0699. The van der Waals surface area contributed by atoms with Crippen molar-refractivity contribution >= 4 is 16.0 Å². The van der Waals surface area contributed by atoms with Crippen LogP contribution in [-0.4, -0.2) is 63.6 Å². The molecule has 0 spiro atoms. The van der Waals surface area contributed by atoms with E-state index in [1.54, 1.807) is 0 Å². The number of aryl methyl sites for hydroxylation is 1. The molecule has 0 saturated carbocycles. The molecule has 0 aliphatic carbocycles. The lowest BCUT2D eigenvalue weighted by atomic mass is 10.0. The van der Waals surface area contributed by atoms with Gasteiger partial charge in [0, 0.05) is 51.4 Å². The van der Waals surface area contributed by atoms with Crippen LogP contribution in [0, 0.1) is 11.6 Å². The number of sulfonamides is 1. The highest BCUT2D eigenvalue weighted by Gasteiger charge is 2.28. The van der Waals surface area contributed by atoms with Gasteiger partial charge >= 0.3 is 5.97 Å². The van der Waals surface area contributed by atoms with Gasteiger partial charge in [-0.2, -0.15) is 4.31 Å². The van der Waals surface area contributed by atoms with Crippen molar-refractivity contribution in [3.8, 4) is 0 Å². The summed E-state index contributed by atoms with van der Waals surface area (Å²) >= 11 is 0. The quantitative estimate of drug-likeness (QED) is 0.280. The van der Waals surface area contributed by atoms with Gasteiger partial charge in [0.2, 0.25) is 10.0 Å². The first-order valence-electron chi connectivity index (χ1n) is 13.7. The molecule has 3 aromatic carbocycles. The number of piperazine rings is 1. The number of hydrogen-bond acceptors (Lipinski definition) is 7. The highest BCUT2D eigenvalue weighted by Crippen LogP contribution is 2.19. The molecule has 1 aliphatic rings. The van der Waals surface area contributed by atoms with Crippen LogP contribution in [-0.2, 0) is 34.1 Å². The zero-order valence-electron chi connectivity index (χ0n) is 23.0. The minimum absolute atomic E-state index is 0.00105. The Morgan fingerprint density at radius 3 is 2.39 bits per heavy atom. The molecule has 3 aromatic rings. The maximum atomic E-state index is 13.8. The number of nitrogens with two attached hydrogens (primary N) is 1. The largest absolute Gasteiger partial charge is 0.456 e. The third kappa shape index (κ3) is 8.40. The Morgan fingerprint density at radius 1 is 1.00 bits per heavy atom. The summed E-state index contributed by atoms with van der Waals surface area (Å²) in [5.41, 5.74) is 9.05. The van der Waals surface area contributed by atoms with Crippen LogP contribution in [0.25, 0.3) is 0 Å². The lowest BCUT2D eigenvalue weighted by Crippen LogP contribution is -2.46. The van der Waals surface area contributed by atoms with Gasteiger partial charge in [-0.3, -0.25) is 0 Å². The van der Waals surface area contributed by atoms with Gasteiger partial charge in [-0.25, -0.2) is 22.0 Å². The molecular formula is C30H36F2N4O4S. The fraction of sp³-hybridized carbons (Fsp3) is 0.367. The molecule has 1 saturated heterocycles. The number of nitrogens with one attached hydrogen (secondary N) is 2. The summed E-state index contributed by atoms with van der Waals surface area (Å²) < 4.78 is 61.0. The second-order valence-electron chi connectivity index (χ2n) is 10.1. The Bertz CT molecular complexity index is 1430. The van der Waals surface area contributed by atoms with E-state index in [1.807, 2.05) is 18.2 Å². The molecular weight excluding hydrogens is 550 g/mol. The highest BCUT2D eigenvalue weighted by molar-refractivity contribution is 7.89. The number of nitrogens with zero attached hydrogens (tertiary/aromatic N) is 1. The van der Waals surface area contributed by atoms with Gasteiger partial charge in [-0.1, -0.05) is 37.3 Å². The number of rotatable bonds is 12. The summed E-state index contributed by atoms with van der Waals surface area (Å²) in [6.45, 7) is 4.49. The van der Waals surface area contributed by atoms with Gasteiger partial charge in [0.05, 0.1) is 10.5 Å². The molecule has 4 rings (SSSR count). The van der Waals surface area contributed by atoms with E-state index in [4.69, 9.17) is 10.5 Å². The molecule has 41 heavy (non-hydrogen) atoms. The first-order valence-corrected chi connectivity index (χ1v) is 15.1. The number of hydrogen-bond donors (Lipinski definition) is 3. The molecule has 0 amide bonds. The summed E-state index contributed by atoms with van der Waals surface area (Å²) in [5.74, 6) is -2.20. The van der Waals surface area contributed by atoms with Gasteiger partial charge < -0.3 is 21.1 Å². The van der Waals surface area contributed by atoms with Gasteiger partial charge in [-0.15, -0.1) is 0 Å². The number of esters is 1. The van der Waals surface area contributed by atoms with Crippen LogP contribution in [0.4, 0.5) is 8.78 Å². The minimum Gasteiger partial charge on any atom is -0.456 e. The monoisotopic (exact) mass is 586 g/mol. The van der Waals surface area contributed by atoms with Crippen molar-refractivity contribution in [2.24, 2.45) is 5.73 Å². The van der Waals surface area contributed by atoms with E-state index in [1.165, 1.54) is 46.3 Å². The van der Waals surface area contributed by atoms with Crippen LogP contribution in [0.5, 0.6) is 0 Å². The van der Waals surface area contributed by atoms with Crippen LogP contribution in [0.3, 0.4) is 0 Å². The van der Waals surface area contributed by atoms with Gasteiger partial charge in [0.1, 0.15) is 17.7 Å². The van der Waals surface area contributed by atoms with E-state index in [-0.39, 0.29) is 23.4 Å². The molecule has 0 bridgehead atoms. The van der Waals surface area contributed by atoms with Crippen LogP contribution < -0.4 is 16.4 Å². The molecule has 220 valence electrons. The molecule has 0 aromatic heterocycles. The Hall–Kier alpha value is -3.22. The van der Waals surface area contributed by atoms with Crippen LogP contribution >= 0.6 is 0 Å². The first kappa shape index (κ1) is 30.7. The van der Waals surface area contributed by atoms with Crippen molar-refractivity contribution in [1.82, 2.24) is 14.9 Å². The maximum absolute atomic E-state index is 13.8. The standard InChI is InChI=1S/C30H36F2N4O4S/c1-2-21-5-3-6-22(13-21)19-35-20-29(28(33)16-23-14-25(31)18-26(32)15-23)40-30(37)24-7-4-8-27(17-24)41(38,39)36-11-9-34-10-12-36/h3-8,13-15,17-18,28-29,34-35H,2,9-12,16,19-20,33H2,1H3/t28-,29+/m0/s1. The molecule has 4 N–H and O–H groups in total. The van der Waals surface area contributed by atoms with Crippen LogP contribution in [0.1, 0.15) is 34.0 Å². The minimum atomic E-state index is -3.78. The summed E-state index contributed by atoms with van der Waals surface area (Å²) in [6, 6.07) is 16.1. The SMILES string of the molecule is CCc1cccc(CNC[C@@H](OC(=O)c2cccc(S(=O)(=O)N3CCNCC3)c2)[C@@H](N)Cc2cc(F)cc(F)c2)c1. The van der Waals surface area contributed by atoms with E-state index in [0.29, 0.717) is 38.3 Å². The Kier molecular flexibility index (Phi) is 10.6. The number of carbonyl (C=O) groups is 1. The smallest absolute Gasteiger partial charge is 0.338 e. The van der Waals surface area contributed by atoms with Crippen molar-refractivity contribution < 1.29 is 26.7 Å².